The fourth-order valence-electron chi connectivity index (χ4n) is 0.879. The molecule has 0 saturated carbocycles. The average molecular weight is 109 g/mol. The van der Waals surface area contributed by atoms with Crippen LogP contribution in [0.4, 0.5) is 0 Å². The van der Waals surface area contributed by atoms with E-state index in [1.165, 1.54) is 6.42 Å². The van der Waals surface area contributed by atoms with Crippen molar-refractivity contribution in [3.05, 3.63) is 18.0 Å². The molecule has 0 bridgehead atoms. The van der Waals surface area contributed by atoms with Crippen LogP contribution in [0, 0.1) is 13.1 Å². The van der Waals surface area contributed by atoms with Crippen LogP contribution in [0.15, 0.2) is 0 Å². The number of hydrogen-bond donors (Lipinski definition) is 0. The molecule has 0 N–H and O–H groups in total. The van der Waals surface area contributed by atoms with Gasteiger partial charge in [0.15, 0.2) is 0 Å². The monoisotopic (exact) mass is 109 g/mol. The van der Waals surface area contributed by atoms with Crippen molar-refractivity contribution < 1.29 is 0 Å². The lowest BCUT2D eigenvalue weighted by atomic mass is 10.4. The summed E-state index contributed by atoms with van der Waals surface area (Å²) >= 11 is 0. The fourth-order valence-corrected chi connectivity index (χ4v) is 0.879. The van der Waals surface area contributed by atoms with Gasteiger partial charge >= 0.3 is 0 Å². The van der Waals surface area contributed by atoms with Crippen molar-refractivity contribution in [2.45, 2.75) is 12.8 Å². The van der Waals surface area contributed by atoms with E-state index in [0.29, 0.717) is 6.67 Å². The summed E-state index contributed by atoms with van der Waals surface area (Å²) in [4.78, 5) is 5.32. The summed E-state index contributed by atoms with van der Waals surface area (Å²) in [5, 5.41) is 0. The van der Waals surface area contributed by atoms with Crippen molar-refractivity contribution in [1.82, 2.24) is 4.90 Å². The highest BCUT2D eigenvalue weighted by Gasteiger charge is 2.00. The molecule has 1 heterocycles. The van der Waals surface area contributed by atoms with Gasteiger partial charge in [-0.3, -0.25) is 6.54 Å². The average Bonchev–Trinajstić information content (AvgIpc) is 2.19. The first-order valence-corrected chi connectivity index (χ1v) is 2.84. The van der Waals surface area contributed by atoms with Gasteiger partial charge < -0.3 is 9.74 Å². The molecule has 0 amide bonds. The smallest absolute Gasteiger partial charge is 0.244 e. The lowest BCUT2D eigenvalue weighted by Crippen LogP contribution is -2.13. The highest BCUT2D eigenvalue weighted by atomic mass is 15.2. The minimum Gasteiger partial charge on any atom is -0.389 e. The molecule has 0 unspecified atom stereocenters. The van der Waals surface area contributed by atoms with Crippen LogP contribution < -0.4 is 0 Å². The van der Waals surface area contributed by atoms with Gasteiger partial charge in [-0.15, -0.1) is 0 Å². The molecule has 1 rings (SSSR count). The Balaban J connectivity index is 2.17. The van der Waals surface area contributed by atoms with Gasteiger partial charge in [0, 0.05) is 0 Å². The molecule has 0 spiro atoms. The van der Waals surface area contributed by atoms with E-state index in [4.69, 9.17) is 6.57 Å². The van der Waals surface area contributed by atoms with Crippen molar-refractivity contribution in [2.24, 2.45) is 0 Å². The van der Waals surface area contributed by atoms with Crippen molar-refractivity contribution in [2.75, 3.05) is 13.2 Å². The van der Waals surface area contributed by atoms with E-state index in [1.807, 2.05) is 0 Å². The van der Waals surface area contributed by atoms with Crippen LogP contribution in [-0.2, 0) is 0 Å². The Hall–Kier alpha value is -0.550. The van der Waals surface area contributed by atoms with Crippen LogP contribution >= 0.6 is 0 Å². The Labute approximate surface area is 49.9 Å². The topological polar surface area (TPSA) is 7.60 Å². The van der Waals surface area contributed by atoms with E-state index >= 15 is 0 Å². The lowest BCUT2D eigenvalue weighted by molar-refractivity contribution is 0.427. The first-order valence-electron chi connectivity index (χ1n) is 2.84. The predicted octanol–water partition coefficient (Wildman–Crippen LogP) is 1.12. The standard InChI is InChI=1S/C6H9N2/c1-7-6-8-4-2-3-5-8/h4H,2-3,5-6H2/q-1. The maximum Gasteiger partial charge on any atom is 0.244 e. The van der Waals surface area contributed by atoms with Gasteiger partial charge in [0.25, 0.3) is 0 Å². The van der Waals surface area contributed by atoms with Gasteiger partial charge in [-0.05, 0) is 6.54 Å². The molecule has 1 aliphatic heterocycles. The third-order valence-corrected chi connectivity index (χ3v) is 1.29. The second kappa shape index (κ2) is 2.68. The summed E-state index contributed by atoms with van der Waals surface area (Å²) in [6.07, 6.45) is 2.39. The molecular formula is C6H9N2-. The van der Waals surface area contributed by atoms with Gasteiger partial charge in [-0.2, -0.15) is 6.42 Å². The number of likely N-dealkylation sites (tertiary alicyclic amines) is 1. The zero-order chi connectivity index (χ0) is 5.82. The van der Waals surface area contributed by atoms with Gasteiger partial charge in [0.1, 0.15) is 0 Å². The van der Waals surface area contributed by atoms with Crippen LogP contribution in [-0.4, -0.2) is 18.1 Å². The molecule has 8 heavy (non-hydrogen) atoms. The van der Waals surface area contributed by atoms with Crippen LogP contribution in [0.2, 0.25) is 0 Å². The summed E-state index contributed by atoms with van der Waals surface area (Å²) in [6, 6.07) is 0. The molecule has 2 nitrogen and oxygen atoms in total. The van der Waals surface area contributed by atoms with Gasteiger partial charge in [0.05, 0.1) is 0 Å². The Kier molecular flexibility index (Phi) is 1.87. The molecule has 0 aromatic heterocycles. The zero-order valence-corrected chi connectivity index (χ0v) is 4.80. The first-order chi connectivity index (χ1) is 3.93. The van der Waals surface area contributed by atoms with E-state index in [0.717, 1.165) is 13.0 Å². The Morgan fingerprint density at radius 1 is 1.75 bits per heavy atom. The normalized spacial score (nSPS) is 20.9. The third kappa shape index (κ3) is 1.21. The SMILES string of the molecule is [C-]#[N+]CN1[CH-]CCC1. The van der Waals surface area contributed by atoms with Crippen molar-refractivity contribution in [3.8, 4) is 0 Å². The molecule has 44 valence electrons. The van der Waals surface area contributed by atoms with E-state index in [1.54, 1.807) is 0 Å². The highest BCUT2D eigenvalue weighted by Crippen LogP contribution is 2.10. The minimum absolute atomic E-state index is 0.556. The molecule has 0 aromatic carbocycles. The van der Waals surface area contributed by atoms with Crippen molar-refractivity contribution in [3.63, 3.8) is 0 Å². The van der Waals surface area contributed by atoms with Gasteiger partial charge in [0.2, 0.25) is 6.67 Å². The maximum atomic E-state index is 6.53. The zero-order valence-electron chi connectivity index (χ0n) is 4.80. The summed E-state index contributed by atoms with van der Waals surface area (Å²) < 4.78 is 0. The largest absolute Gasteiger partial charge is 0.389 e. The Morgan fingerprint density at radius 2 is 2.62 bits per heavy atom. The quantitative estimate of drug-likeness (QED) is 0.458. The molecule has 1 fully saturated rings. The second-order valence-corrected chi connectivity index (χ2v) is 1.94. The Morgan fingerprint density at radius 3 is 3.12 bits per heavy atom. The van der Waals surface area contributed by atoms with Crippen LogP contribution in [0.25, 0.3) is 4.85 Å². The van der Waals surface area contributed by atoms with E-state index in [-0.39, 0.29) is 0 Å². The second-order valence-electron chi connectivity index (χ2n) is 1.94. The molecule has 2 heteroatoms. The maximum absolute atomic E-state index is 6.53. The number of hydrogen-bond acceptors (Lipinski definition) is 1. The molecule has 0 radical (unpaired) electrons. The molecular weight excluding hydrogens is 100 g/mol. The van der Waals surface area contributed by atoms with E-state index in [9.17, 15) is 0 Å². The summed E-state index contributed by atoms with van der Waals surface area (Å²) in [5.41, 5.74) is 0. The number of nitrogens with zero attached hydrogens (tertiary/aromatic N) is 2. The first kappa shape index (κ1) is 5.58. The molecule has 1 aliphatic rings. The van der Waals surface area contributed by atoms with Gasteiger partial charge in [-0.25, -0.2) is 6.57 Å². The fraction of sp³-hybridized carbons (Fsp3) is 0.667. The van der Waals surface area contributed by atoms with Gasteiger partial charge in [-0.1, -0.05) is 6.42 Å². The van der Waals surface area contributed by atoms with Crippen LogP contribution in [0.1, 0.15) is 12.8 Å². The molecule has 0 atom stereocenters. The molecule has 1 saturated heterocycles. The third-order valence-electron chi connectivity index (χ3n) is 1.29. The number of rotatable bonds is 1. The van der Waals surface area contributed by atoms with Crippen LogP contribution in [0.3, 0.4) is 0 Å². The summed E-state index contributed by atoms with van der Waals surface area (Å²) in [5.74, 6) is 0. The van der Waals surface area contributed by atoms with Crippen LogP contribution in [0.5, 0.6) is 0 Å². The summed E-state index contributed by atoms with van der Waals surface area (Å²) in [6.45, 7) is 10.3. The van der Waals surface area contributed by atoms with Crippen molar-refractivity contribution in [1.29, 1.82) is 0 Å². The highest BCUT2D eigenvalue weighted by molar-refractivity contribution is 4.78. The minimum atomic E-state index is 0.556. The Bertz CT molecular complexity index is 97.6. The summed E-state index contributed by atoms with van der Waals surface area (Å²) in [7, 11) is 0. The van der Waals surface area contributed by atoms with E-state index < -0.39 is 0 Å². The predicted molar refractivity (Wildman–Crippen MR) is 31.7 cm³/mol. The molecule has 0 aliphatic carbocycles. The van der Waals surface area contributed by atoms with Crippen molar-refractivity contribution >= 4 is 0 Å². The lowest BCUT2D eigenvalue weighted by Gasteiger charge is -2.15. The van der Waals surface area contributed by atoms with E-state index in [2.05, 4.69) is 16.3 Å². The molecule has 0 aromatic rings.